The van der Waals surface area contributed by atoms with Gasteiger partial charge in [0.1, 0.15) is 6.10 Å². The van der Waals surface area contributed by atoms with Crippen molar-refractivity contribution in [3.63, 3.8) is 0 Å². The van der Waals surface area contributed by atoms with Crippen LogP contribution < -0.4 is 5.32 Å². The Labute approximate surface area is 112 Å². The third-order valence-electron chi connectivity index (χ3n) is 2.92. The molecule has 0 radical (unpaired) electrons. The van der Waals surface area contributed by atoms with Gasteiger partial charge in [0.25, 0.3) is 0 Å². The molecule has 2 rings (SSSR count). The molecule has 2 N–H and O–H groups in total. The number of hydrogen-bond donors (Lipinski definition) is 2. The first-order valence-corrected chi connectivity index (χ1v) is 6.26. The molecular formula is C15H16ClNO. The molecule has 0 amide bonds. The summed E-state index contributed by atoms with van der Waals surface area (Å²) in [5.41, 5.74) is 2.70. The normalized spacial score (nSPS) is 12.4. The van der Waals surface area contributed by atoms with Crippen molar-refractivity contribution in [3.8, 4) is 0 Å². The molecule has 0 aliphatic rings. The molecule has 2 nitrogen and oxygen atoms in total. The molecular weight excluding hydrogens is 246 g/mol. The molecule has 0 bridgehead atoms. The zero-order valence-corrected chi connectivity index (χ0v) is 11.0. The van der Waals surface area contributed by atoms with E-state index in [0.29, 0.717) is 5.02 Å². The Balaban J connectivity index is 2.40. The van der Waals surface area contributed by atoms with Gasteiger partial charge in [0.2, 0.25) is 0 Å². The van der Waals surface area contributed by atoms with Gasteiger partial charge in [-0.05, 0) is 24.2 Å². The van der Waals surface area contributed by atoms with Crippen LogP contribution in [0.2, 0.25) is 5.02 Å². The molecule has 18 heavy (non-hydrogen) atoms. The summed E-state index contributed by atoms with van der Waals surface area (Å²) in [4.78, 5) is 0. The van der Waals surface area contributed by atoms with Crippen LogP contribution in [0.15, 0.2) is 48.5 Å². The minimum Gasteiger partial charge on any atom is -0.384 e. The molecule has 0 saturated carbocycles. The van der Waals surface area contributed by atoms with E-state index in [0.717, 1.165) is 23.2 Å². The van der Waals surface area contributed by atoms with Gasteiger partial charge in [0.05, 0.1) is 0 Å². The number of benzene rings is 2. The molecule has 0 aliphatic carbocycles. The van der Waals surface area contributed by atoms with Gasteiger partial charge in [-0.1, -0.05) is 54.1 Å². The zero-order chi connectivity index (χ0) is 13.0. The second-order valence-electron chi connectivity index (χ2n) is 4.15. The maximum atomic E-state index is 10.5. The molecule has 0 fully saturated rings. The number of halogens is 1. The zero-order valence-electron chi connectivity index (χ0n) is 10.2. The van der Waals surface area contributed by atoms with Gasteiger partial charge < -0.3 is 10.4 Å². The van der Waals surface area contributed by atoms with Gasteiger partial charge in [0, 0.05) is 17.1 Å². The van der Waals surface area contributed by atoms with E-state index < -0.39 is 6.10 Å². The number of rotatable bonds is 4. The first-order valence-electron chi connectivity index (χ1n) is 5.89. The first kappa shape index (κ1) is 13.1. The number of hydrogen-bond acceptors (Lipinski definition) is 2. The summed E-state index contributed by atoms with van der Waals surface area (Å²) in [6.45, 7) is 0.720. The predicted octanol–water partition coefficient (Wildman–Crippen LogP) is 3.14. The average molecular weight is 262 g/mol. The molecule has 2 aromatic rings. The lowest BCUT2D eigenvalue weighted by atomic mass is 9.97. The van der Waals surface area contributed by atoms with Crippen LogP contribution in [0.1, 0.15) is 22.8 Å². The van der Waals surface area contributed by atoms with Crippen molar-refractivity contribution in [1.29, 1.82) is 0 Å². The maximum absolute atomic E-state index is 10.5. The summed E-state index contributed by atoms with van der Waals surface area (Å²) in [7, 11) is 1.89. The summed E-state index contributed by atoms with van der Waals surface area (Å²) in [5, 5.41) is 14.2. The molecule has 94 valence electrons. The molecule has 0 unspecified atom stereocenters. The van der Waals surface area contributed by atoms with Crippen molar-refractivity contribution in [2.75, 3.05) is 7.05 Å². The number of nitrogens with one attached hydrogen (secondary N) is 1. The molecule has 2 aromatic carbocycles. The average Bonchev–Trinajstić information content (AvgIpc) is 2.40. The van der Waals surface area contributed by atoms with E-state index in [1.54, 1.807) is 6.07 Å². The van der Waals surface area contributed by atoms with Gasteiger partial charge >= 0.3 is 0 Å². The summed E-state index contributed by atoms with van der Waals surface area (Å²) < 4.78 is 0. The SMILES string of the molecule is CNCc1ccccc1[C@@H](O)c1ccccc1Cl. The van der Waals surface area contributed by atoms with E-state index in [1.807, 2.05) is 49.5 Å². The van der Waals surface area contributed by atoms with Crippen LogP contribution in [0, 0.1) is 0 Å². The van der Waals surface area contributed by atoms with Crippen molar-refractivity contribution in [3.05, 3.63) is 70.2 Å². The van der Waals surface area contributed by atoms with Gasteiger partial charge in [0.15, 0.2) is 0 Å². The Bertz CT molecular complexity index is 527. The molecule has 0 aromatic heterocycles. The minimum atomic E-state index is -0.691. The first-order chi connectivity index (χ1) is 8.74. The van der Waals surface area contributed by atoms with Crippen molar-refractivity contribution in [2.24, 2.45) is 0 Å². The van der Waals surface area contributed by atoms with E-state index >= 15 is 0 Å². The Morgan fingerprint density at radius 1 is 1.06 bits per heavy atom. The Morgan fingerprint density at radius 3 is 2.33 bits per heavy atom. The fourth-order valence-corrected chi connectivity index (χ4v) is 2.26. The smallest absolute Gasteiger partial charge is 0.106 e. The molecule has 0 saturated heterocycles. The summed E-state index contributed by atoms with van der Waals surface area (Å²) in [6, 6.07) is 15.2. The van der Waals surface area contributed by atoms with E-state index in [9.17, 15) is 5.11 Å². The Hall–Kier alpha value is -1.35. The van der Waals surface area contributed by atoms with Crippen LogP contribution in [-0.2, 0) is 6.54 Å². The number of aliphatic hydroxyl groups is 1. The number of aliphatic hydroxyl groups excluding tert-OH is 1. The van der Waals surface area contributed by atoms with Crippen LogP contribution in [0.4, 0.5) is 0 Å². The second kappa shape index (κ2) is 6.01. The van der Waals surface area contributed by atoms with Gasteiger partial charge in [-0.15, -0.1) is 0 Å². The highest BCUT2D eigenvalue weighted by atomic mass is 35.5. The monoisotopic (exact) mass is 261 g/mol. The molecule has 1 atom stereocenters. The third kappa shape index (κ3) is 2.72. The Kier molecular flexibility index (Phi) is 4.37. The molecule has 0 aliphatic heterocycles. The fraction of sp³-hybridized carbons (Fsp3) is 0.200. The lowest BCUT2D eigenvalue weighted by Crippen LogP contribution is -2.11. The standard InChI is InChI=1S/C15H16ClNO/c1-17-10-11-6-2-3-7-12(11)15(18)13-8-4-5-9-14(13)16/h2-9,15,17-18H,10H2,1H3/t15-/m1/s1. The summed E-state index contributed by atoms with van der Waals surface area (Å²) in [5.74, 6) is 0. The lowest BCUT2D eigenvalue weighted by Gasteiger charge is -2.17. The second-order valence-corrected chi connectivity index (χ2v) is 4.56. The van der Waals surface area contributed by atoms with Crippen molar-refractivity contribution < 1.29 is 5.11 Å². The van der Waals surface area contributed by atoms with Gasteiger partial charge in [-0.3, -0.25) is 0 Å². The van der Waals surface area contributed by atoms with Crippen LogP contribution in [-0.4, -0.2) is 12.2 Å². The topological polar surface area (TPSA) is 32.3 Å². The molecule has 0 spiro atoms. The highest BCUT2D eigenvalue weighted by Gasteiger charge is 2.16. The van der Waals surface area contributed by atoms with E-state index in [-0.39, 0.29) is 0 Å². The molecule has 3 heteroatoms. The van der Waals surface area contributed by atoms with Crippen molar-refractivity contribution in [2.45, 2.75) is 12.6 Å². The predicted molar refractivity (Wildman–Crippen MR) is 74.7 cm³/mol. The van der Waals surface area contributed by atoms with Crippen LogP contribution in [0.5, 0.6) is 0 Å². The van der Waals surface area contributed by atoms with Gasteiger partial charge in [-0.25, -0.2) is 0 Å². The van der Waals surface area contributed by atoms with E-state index in [4.69, 9.17) is 11.6 Å². The quantitative estimate of drug-likeness (QED) is 0.886. The highest BCUT2D eigenvalue weighted by molar-refractivity contribution is 6.31. The highest BCUT2D eigenvalue weighted by Crippen LogP contribution is 2.29. The summed E-state index contributed by atoms with van der Waals surface area (Å²) in [6.07, 6.45) is -0.691. The fourth-order valence-electron chi connectivity index (χ4n) is 2.02. The minimum absolute atomic E-state index is 0.587. The van der Waals surface area contributed by atoms with E-state index in [1.165, 1.54) is 0 Å². The van der Waals surface area contributed by atoms with Crippen molar-refractivity contribution >= 4 is 11.6 Å². The Morgan fingerprint density at radius 2 is 1.67 bits per heavy atom. The summed E-state index contributed by atoms with van der Waals surface area (Å²) >= 11 is 6.12. The van der Waals surface area contributed by atoms with Gasteiger partial charge in [-0.2, -0.15) is 0 Å². The lowest BCUT2D eigenvalue weighted by molar-refractivity contribution is 0.219. The molecule has 0 heterocycles. The van der Waals surface area contributed by atoms with E-state index in [2.05, 4.69) is 5.32 Å². The maximum Gasteiger partial charge on any atom is 0.106 e. The largest absolute Gasteiger partial charge is 0.384 e. The third-order valence-corrected chi connectivity index (χ3v) is 3.26. The van der Waals surface area contributed by atoms with Crippen LogP contribution in [0.3, 0.4) is 0 Å². The van der Waals surface area contributed by atoms with Crippen molar-refractivity contribution in [1.82, 2.24) is 5.32 Å². The van der Waals surface area contributed by atoms with Crippen LogP contribution >= 0.6 is 11.6 Å². The van der Waals surface area contributed by atoms with Crippen LogP contribution in [0.25, 0.3) is 0 Å².